The molecule has 0 bridgehead atoms. The Morgan fingerprint density at radius 2 is 1.96 bits per heavy atom. The van der Waals surface area contributed by atoms with Crippen LogP contribution in [0.1, 0.15) is 40.1 Å². The van der Waals surface area contributed by atoms with Gasteiger partial charge in [-0.1, -0.05) is 0 Å². The van der Waals surface area contributed by atoms with E-state index in [1.807, 2.05) is 49.3 Å². The Bertz CT molecular complexity index is 918. The molecule has 0 aliphatic rings. The van der Waals surface area contributed by atoms with Crippen molar-refractivity contribution in [3.8, 4) is 0 Å². The minimum absolute atomic E-state index is 0.110. The molecule has 0 unspecified atom stereocenters. The van der Waals surface area contributed by atoms with Crippen LogP contribution in [0.25, 0.3) is 0 Å². The SMILES string of the molecule is CCn1ncc(CN(C)C(=O)c2ccn(Cn3nc(C)cc3C)n2)c1C. The summed E-state index contributed by atoms with van der Waals surface area (Å²) in [5.41, 5.74) is 4.58. The first-order valence-corrected chi connectivity index (χ1v) is 8.70. The summed E-state index contributed by atoms with van der Waals surface area (Å²) >= 11 is 0. The standard InChI is InChI=1S/C18H25N7O/c1-6-24-15(4)16(10-19-24)11-22(5)18(26)17-7-8-23(21-17)12-25-14(3)9-13(2)20-25/h7-10H,6,11-12H2,1-5H3. The van der Waals surface area contributed by atoms with Crippen molar-refractivity contribution in [3.63, 3.8) is 0 Å². The second kappa shape index (κ2) is 7.15. The number of hydrogen-bond acceptors (Lipinski definition) is 4. The summed E-state index contributed by atoms with van der Waals surface area (Å²) in [6.07, 6.45) is 3.63. The fourth-order valence-corrected chi connectivity index (χ4v) is 2.99. The second-order valence-corrected chi connectivity index (χ2v) is 6.54. The highest BCUT2D eigenvalue weighted by molar-refractivity contribution is 5.91. The van der Waals surface area contributed by atoms with E-state index in [0.29, 0.717) is 18.9 Å². The van der Waals surface area contributed by atoms with E-state index in [2.05, 4.69) is 15.3 Å². The molecule has 3 rings (SSSR count). The fourth-order valence-electron chi connectivity index (χ4n) is 2.99. The van der Waals surface area contributed by atoms with Gasteiger partial charge >= 0.3 is 0 Å². The van der Waals surface area contributed by atoms with Crippen LogP contribution in [-0.2, 0) is 19.8 Å². The lowest BCUT2D eigenvalue weighted by atomic mass is 10.2. The van der Waals surface area contributed by atoms with E-state index in [9.17, 15) is 4.79 Å². The van der Waals surface area contributed by atoms with Crippen LogP contribution in [0.4, 0.5) is 0 Å². The van der Waals surface area contributed by atoms with E-state index in [4.69, 9.17) is 0 Å². The molecule has 3 heterocycles. The summed E-state index contributed by atoms with van der Waals surface area (Å²) in [5, 5.41) is 13.2. The van der Waals surface area contributed by atoms with E-state index in [-0.39, 0.29) is 5.91 Å². The van der Waals surface area contributed by atoms with Crippen molar-refractivity contribution in [2.75, 3.05) is 7.05 Å². The number of carbonyl (C=O) groups is 1. The fraction of sp³-hybridized carbons (Fsp3) is 0.444. The largest absolute Gasteiger partial charge is 0.336 e. The van der Waals surface area contributed by atoms with Crippen LogP contribution >= 0.6 is 0 Å². The molecule has 0 fully saturated rings. The van der Waals surface area contributed by atoms with Crippen molar-refractivity contribution in [2.45, 2.75) is 47.5 Å². The third-order valence-electron chi connectivity index (χ3n) is 4.50. The van der Waals surface area contributed by atoms with Crippen molar-refractivity contribution in [1.82, 2.24) is 34.2 Å². The number of rotatable bonds is 6. The van der Waals surface area contributed by atoms with Gasteiger partial charge in [-0.15, -0.1) is 0 Å². The molecule has 26 heavy (non-hydrogen) atoms. The second-order valence-electron chi connectivity index (χ2n) is 6.54. The zero-order chi connectivity index (χ0) is 18.8. The van der Waals surface area contributed by atoms with Gasteiger partial charge in [-0.25, -0.2) is 4.68 Å². The Morgan fingerprint density at radius 1 is 1.19 bits per heavy atom. The third kappa shape index (κ3) is 3.54. The molecular weight excluding hydrogens is 330 g/mol. The lowest BCUT2D eigenvalue weighted by molar-refractivity contribution is 0.0778. The molecule has 1 amide bonds. The smallest absolute Gasteiger partial charge is 0.274 e. The van der Waals surface area contributed by atoms with Crippen molar-refractivity contribution >= 4 is 5.91 Å². The van der Waals surface area contributed by atoms with Crippen LogP contribution in [0.3, 0.4) is 0 Å². The first kappa shape index (κ1) is 17.9. The molecule has 3 aromatic rings. The molecule has 3 aromatic heterocycles. The Kier molecular flexibility index (Phi) is 4.92. The van der Waals surface area contributed by atoms with Gasteiger partial charge in [-0.05, 0) is 39.8 Å². The molecule has 0 N–H and O–H groups in total. The summed E-state index contributed by atoms with van der Waals surface area (Å²) in [4.78, 5) is 14.3. The van der Waals surface area contributed by atoms with Gasteiger partial charge in [0.2, 0.25) is 0 Å². The van der Waals surface area contributed by atoms with Gasteiger partial charge in [-0.2, -0.15) is 15.3 Å². The van der Waals surface area contributed by atoms with Crippen molar-refractivity contribution < 1.29 is 4.79 Å². The average molecular weight is 355 g/mol. The van der Waals surface area contributed by atoms with Gasteiger partial charge < -0.3 is 4.90 Å². The van der Waals surface area contributed by atoms with E-state index in [1.165, 1.54) is 0 Å². The molecule has 0 radical (unpaired) electrons. The molecule has 0 atom stereocenters. The van der Waals surface area contributed by atoms with E-state index in [0.717, 1.165) is 29.2 Å². The van der Waals surface area contributed by atoms with Crippen LogP contribution in [0.2, 0.25) is 0 Å². The topological polar surface area (TPSA) is 73.8 Å². The Morgan fingerprint density at radius 3 is 2.58 bits per heavy atom. The van der Waals surface area contributed by atoms with Gasteiger partial charge in [0, 0.05) is 43.3 Å². The van der Waals surface area contributed by atoms with E-state index in [1.54, 1.807) is 28.9 Å². The zero-order valence-electron chi connectivity index (χ0n) is 16.0. The normalized spacial score (nSPS) is 11.1. The molecule has 0 saturated carbocycles. The van der Waals surface area contributed by atoms with Crippen LogP contribution in [0, 0.1) is 20.8 Å². The monoisotopic (exact) mass is 355 g/mol. The molecule has 8 heteroatoms. The highest BCUT2D eigenvalue weighted by Gasteiger charge is 2.17. The van der Waals surface area contributed by atoms with Crippen LogP contribution in [-0.4, -0.2) is 47.2 Å². The maximum atomic E-state index is 12.7. The number of aryl methyl sites for hydroxylation is 3. The molecule has 0 aromatic carbocycles. The summed E-state index contributed by atoms with van der Waals surface area (Å²) in [6, 6.07) is 3.76. The number of nitrogens with zero attached hydrogens (tertiary/aromatic N) is 7. The molecule has 8 nitrogen and oxygen atoms in total. The average Bonchev–Trinajstić information content (AvgIpc) is 3.28. The Labute approximate surface area is 153 Å². The lowest BCUT2D eigenvalue weighted by Crippen LogP contribution is -2.27. The predicted octanol–water partition coefficient (Wildman–Crippen LogP) is 2.00. The lowest BCUT2D eigenvalue weighted by Gasteiger charge is -2.15. The van der Waals surface area contributed by atoms with Crippen molar-refractivity contribution in [2.24, 2.45) is 0 Å². The summed E-state index contributed by atoms with van der Waals surface area (Å²) in [7, 11) is 1.78. The minimum atomic E-state index is -0.110. The van der Waals surface area contributed by atoms with Gasteiger partial charge in [-0.3, -0.25) is 14.2 Å². The number of carbonyl (C=O) groups excluding carboxylic acids is 1. The first-order valence-electron chi connectivity index (χ1n) is 8.70. The maximum absolute atomic E-state index is 12.7. The van der Waals surface area contributed by atoms with E-state index >= 15 is 0 Å². The molecular formula is C18H25N7O. The highest BCUT2D eigenvalue weighted by Crippen LogP contribution is 2.12. The number of amides is 1. The van der Waals surface area contributed by atoms with Crippen molar-refractivity contribution in [1.29, 1.82) is 0 Å². The van der Waals surface area contributed by atoms with Crippen LogP contribution in [0.5, 0.6) is 0 Å². The summed E-state index contributed by atoms with van der Waals surface area (Å²) in [6.45, 7) is 9.84. The predicted molar refractivity (Wildman–Crippen MR) is 97.8 cm³/mol. The summed E-state index contributed by atoms with van der Waals surface area (Å²) < 4.78 is 5.51. The Balaban J connectivity index is 1.68. The molecule has 0 spiro atoms. The zero-order valence-corrected chi connectivity index (χ0v) is 16.0. The molecule has 138 valence electrons. The van der Waals surface area contributed by atoms with Crippen molar-refractivity contribution in [3.05, 3.63) is 52.9 Å². The van der Waals surface area contributed by atoms with E-state index < -0.39 is 0 Å². The minimum Gasteiger partial charge on any atom is -0.336 e. The highest BCUT2D eigenvalue weighted by atomic mass is 16.2. The molecule has 0 aliphatic heterocycles. The van der Waals surface area contributed by atoms with Gasteiger partial charge in [0.1, 0.15) is 12.4 Å². The number of aromatic nitrogens is 6. The quantitative estimate of drug-likeness (QED) is 0.678. The van der Waals surface area contributed by atoms with Crippen LogP contribution < -0.4 is 0 Å². The summed E-state index contributed by atoms with van der Waals surface area (Å²) in [5.74, 6) is -0.110. The van der Waals surface area contributed by atoms with Gasteiger partial charge in [0.25, 0.3) is 5.91 Å². The first-order chi connectivity index (χ1) is 12.4. The van der Waals surface area contributed by atoms with Crippen LogP contribution in [0.15, 0.2) is 24.5 Å². The number of hydrogen-bond donors (Lipinski definition) is 0. The third-order valence-corrected chi connectivity index (χ3v) is 4.50. The molecule has 0 aliphatic carbocycles. The van der Waals surface area contributed by atoms with Gasteiger partial charge in [0.05, 0.1) is 11.9 Å². The Hall–Kier alpha value is -2.90. The maximum Gasteiger partial charge on any atom is 0.274 e. The van der Waals surface area contributed by atoms with Gasteiger partial charge in [0.15, 0.2) is 0 Å². The molecule has 0 saturated heterocycles.